The molecule has 1 unspecified atom stereocenters. The molecule has 1 atom stereocenters. The van der Waals surface area contributed by atoms with E-state index in [4.69, 9.17) is 4.74 Å². The summed E-state index contributed by atoms with van der Waals surface area (Å²) in [7, 11) is 1.63. The second kappa shape index (κ2) is 6.27. The number of hydrogen-bond donors (Lipinski definition) is 1. The quantitative estimate of drug-likeness (QED) is 0.909. The Labute approximate surface area is 125 Å². The average Bonchev–Trinajstić information content (AvgIpc) is 2.41. The van der Waals surface area contributed by atoms with Crippen LogP contribution < -0.4 is 4.74 Å². The van der Waals surface area contributed by atoms with Gasteiger partial charge in [0.15, 0.2) is 0 Å². The molecule has 0 bridgehead atoms. The van der Waals surface area contributed by atoms with Crippen molar-refractivity contribution in [3.05, 3.63) is 65.0 Å². The molecule has 112 valence electrons. The summed E-state index contributed by atoms with van der Waals surface area (Å²) >= 11 is 0. The summed E-state index contributed by atoms with van der Waals surface area (Å²) in [6.45, 7) is 3.80. The molecule has 2 nitrogen and oxygen atoms in total. The van der Waals surface area contributed by atoms with E-state index in [0.29, 0.717) is 12.8 Å². The van der Waals surface area contributed by atoms with Gasteiger partial charge in [-0.15, -0.1) is 0 Å². The van der Waals surface area contributed by atoms with Crippen LogP contribution in [-0.4, -0.2) is 17.8 Å². The lowest BCUT2D eigenvalue weighted by Gasteiger charge is -2.25. The van der Waals surface area contributed by atoms with Gasteiger partial charge in [-0.3, -0.25) is 0 Å². The maximum atomic E-state index is 12.9. The third kappa shape index (κ3) is 4.30. The molecule has 2 aromatic carbocycles. The monoisotopic (exact) mass is 288 g/mol. The summed E-state index contributed by atoms with van der Waals surface area (Å²) in [6, 6.07) is 12.2. The van der Waals surface area contributed by atoms with Gasteiger partial charge in [-0.05, 0) is 43.2 Å². The molecule has 2 rings (SSSR count). The van der Waals surface area contributed by atoms with E-state index in [1.807, 2.05) is 25.1 Å². The van der Waals surface area contributed by atoms with E-state index in [2.05, 4.69) is 0 Å². The second-order valence-corrected chi connectivity index (χ2v) is 5.79. The SMILES string of the molecule is COc1ccc(C)cc1CC(C)(O)Cc1ccc(F)cc1. The number of ether oxygens (including phenoxy) is 1. The van der Waals surface area contributed by atoms with Crippen LogP contribution >= 0.6 is 0 Å². The van der Waals surface area contributed by atoms with E-state index in [1.54, 1.807) is 26.2 Å². The van der Waals surface area contributed by atoms with Crippen LogP contribution in [0.1, 0.15) is 23.6 Å². The van der Waals surface area contributed by atoms with Crippen LogP contribution in [0.2, 0.25) is 0 Å². The smallest absolute Gasteiger partial charge is 0.123 e. The number of methoxy groups -OCH3 is 1. The van der Waals surface area contributed by atoms with Crippen molar-refractivity contribution < 1.29 is 14.2 Å². The van der Waals surface area contributed by atoms with Gasteiger partial charge in [-0.2, -0.15) is 0 Å². The number of benzene rings is 2. The largest absolute Gasteiger partial charge is 0.496 e. The first kappa shape index (κ1) is 15.5. The molecule has 0 aliphatic heterocycles. The normalized spacial score (nSPS) is 13.8. The molecule has 0 aliphatic rings. The zero-order chi connectivity index (χ0) is 15.5. The van der Waals surface area contributed by atoms with Crippen molar-refractivity contribution in [2.24, 2.45) is 0 Å². The second-order valence-electron chi connectivity index (χ2n) is 5.79. The zero-order valence-electron chi connectivity index (χ0n) is 12.7. The summed E-state index contributed by atoms with van der Waals surface area (Å²) in [5.41, 5.74) is 2.10. The van der Waals surface area contributed by atoms with Gasteiger partial charge in [-0.1, -0.05) is 29.8 Å². The minimum Gasteiger partial charge on any atom is -0.496 e. The predicted molar refractivity (Wildman–Crippen MR) is 82.2 cm³/mol. The first-order valence-corrected chi connectivity index (χ1v) is 7.00. The fraction of sp³-hybridized carbons (Fsp3) is 0.333. The lowest BCUT2D eigenvalue weighted by atomic mass is 9.89. The molecule has 1 N–H and O–H groups in total. The van der Waals surface area contributed by atoms with Gasteiger partial charge in [0, 0.05) is 12.8 Å². The minimum atomic E-state index is -0.918. The average molecular weight is 288 g/mol. The summed E-state index contributed by atoms with van der Waals surface area (Å²) in [4.78, 5) is 0. The number of halogens is 1. The zero-order valence-corrected chi connectivity index (χ0v) is 12.7. The highest BCUT2D eigenvalue weighted by Crippen LogP contribution is 2.26. The molecule has 0 saturated carbocycles. The van der Waals surface area contributed by atoms with Crippen LogP contribution in [0.3, 0.4) is 0 Å². The van der Waals surface area contributed by atoms with Crippen LogP contribution in [0.5, 0.6) is 5.75 Å². The van der Waals surface area contributed by atoms with E-state index in [-0.39, 0.29) is 5.82 Å². The Kier molecular flexibility index (Phi) is 4.63. The summed E-state index contributed by atoms with van der Waals surface area (Å²) in [6.07, 6.45) is 0.944. The molecule has 3 heteroatoms. The minimum absolute atomic E-state index is 0.265. The van der Waals surface area contributed by atoms with Gasteiger partial charge < -0.3 is 9.84 Å². The fourth-order valence-electron chi connectivity index (χ4n) is 2.56. The first-order valence-electron chi connectivity index (χ1n) is 7.00. The van der Waals surface area contributed by atoms with Gasteiger partial charge in [0.2, 0.25) is 0 Å². The van der Waals surface area contributed by atoms with Crippen molar-refractivity contribution in [1.82, 2.24) is 0 Å². The molecular weight excluding hydrogens is 267 g/mol. The van der Waals surface area contributed by atoms with E-state index in [1.165, 1.54) is 12.1 Å². The highest BCUT2D eigenvalue weighted by atomic mass is 19.1. The van der Waals surface area contributed by atoms with Crippen LogP contribution in [0.15, 0.2) is 42.5 Å². The standard InChI is InChI=1S/C18H21FO2/c1-13-4-9-17(21-3)15(10-13)12-18(2,20)11-14-5-7-16(19)8-6-14/h4-10,20H,11-12H2,1-3H3. The van der Waals surface area contributed by atoms with E-state index in [0.717, 1.165) is 22.4 Å². The van der Waals surface area contributed by atoms with Crippen molar-refractivity contribution >= 4 is 0 Å². The van der Waals surface area contributed by atoms with E-state index in [9.17, 15) is 9.50 Å². The molecule has 2 aromatic rings. The van der Waals surface area contributed by atoms with E-state index >= 15 is 0 Å². The topological polar surface area (TPSA) is 29.5 Å². The molecule has 0 heterocycles. The molecule has 0 aromatic heterocycles. The molecule has 0 radical (unpaired) electrons. The Balaban J connectivity index is 2.16. The lowest BCUT2D eigenvalue weighted by Crippen LogP contribution is -2.30. The van der Waals surface area contributed by atoms with Crippen LogP contribution in [0.25, 0.3) is 0 Å². The number of aryl methyl sites for hydroxylation is 1. The predicted octanol–water partition coefficient (Wildman–Crippen LogP) is 3.68. The van der Waals surface area contributed by atoms with Crippen molar-refractivity contribution in [1.29, 1.82) is 0 Å². The lowest BCUT2D eigenvalue weighted by molar-refractivity contribution is 0.0601. The first-order chi connectivity index (χ1) is 9.89. The third-order valence-corrected chi connectivity index (χ3v) is 3.51. The number of hydrogen-bond acceptors (Lipinski definition) is 2. The summed E-state index contributed by atoms with van der Waals surface area (Å²) in [5.74, 6) is 0.513. The molecule has 0 spiro atoms. The Bertz CT molecular complexity index is 603. The molecular formula is C18H21FO2. The van der Waals surface area contributed by atoms with E-state index < -0.39 is 5.60 Å². The summed E-state index contributed by atoms with van der Waals surface area (Å²) < 4.78 is 18.3. The van der Waals surface area contributed by atoms with Gasteiger partial charge in [0.1, 0.15) is 11.6 Å². The van der Waals surface area contributed by atoms with Crippen molar-refractivity contribution in [2.75, 3.05) is 7.11 Å². The Hall–Kier alpha value is -1.87. The Morgan fingerprint density at radius 1 is 1.10 bits per heavy atom. The van der Waals surface area contributed by atoms with Crippen LogP contribution in [0, 0.1) is 12.7 Å². The van der Waals surface area contributed by atoms with Crippen LogP contribution in [0.4, 0.5) is 4.39 Å². The summed E-state index contributed by atoms with van der Waals surface area (Å²) in [5, 5.41) is 10.7. The molecule has 0 amide bonds. The van der Waals surface area contributed by atoms with Gasteiger partial charge in [0.05, 0.1) is 12.7 Å². The van der Waals surface area contributed by atoms with Crippen molar-refractivity contribution in [2.45, 2.75) is 32.3 Å². The number of rotatable bonds is 5. The Morgan fingerprint density at radius 2 is 1.76 bits per heavy atom. The maximum absolute atomic E-state index is 12.9. The maximum Gasteiger partial charge on any atom is 0.123 e. The van der Waals surface area contributed by atoms with Gasteiger partial charge >= 0.3 is 0 Å². The van der Waals surface area contributed by atoms with Crippen molar-refractivity contribution in [3.8, 4) is 5.75 Å². The molecule has 0 fully saturated rings. The van der Waals surface area contributed by atoms with Gasteiger partial charge in [0.25, 0.3) is 0 Å². The Morgan fingerprint density at radius 3 is 2.38 bits per heavy atom. The van der Waals surface area contributed by atoms with Crippen LogP contribution in [-0.2, 0) is 12.8 Å². The third-order valence-electron chi connectivity index (χ3n) is 3.51. The molecule has 0 aliphatic carbocycles. The van der Waals surface area contributed by atoms with Gasteiger partial charge in [-0.25, -0.2) is 4.39 Å². The molecule has 0 saturated heterocycles. The fourth-order valence-corrected chi connectivity index (χ4v) is 2.56. The highest BCUT2D eigenvalue weighted by Gasteiger charge is 2.23. The highest BCUT2D eigenvalue weighted by molar-refractivity contribution is 5.38. The van der Waals surface area contributed by atoms with Crippen molar-refractivity contribution in [3.63, 3.8) is 0 Å². The number of aliphatic hydroxyl groups is 1. The molecule has 21 heavy (non-hydrogen) atoms.